The van der Waals surface area contributed by atoms with E-state index < -0.39 is 10.0 Å². The van der Waals surface area contributed by atoms with Crippen molar-refractivity contribution in [2.45, 2.75) is 31.2 Å². The number of fused-ring (bicyclic) bond motifs is 1. The summed E-state index contributed by atoms with van der Waals surface area (Å²) in [4.78, 5) is 0.218. The van der Waals surface area contributed by atoms with Crippen LogP contribution >= 0.6 is 11.6 Å². The van der Waals surface area contributed by atoms with Crippen molar-refractivity contribution in [3.8, 4) is 0 Å². The fourth-order valence-corrected chi connectivity index (χ4v) is 6.18. The Hall–Kier alpha value is -0.620. The quantitative estimate of drug-likeness (QED) is 0.906. The predicted octanol–water partition coefficient (Wildman–Crippen LogP) is 2.27. The van der Waals surface area contributed by atoms with Gasteiger partial charge in [-0.15, -0.1) is 0 Å². The Morgan fingerprint density at radius 3 is 2.67 bits per heavy atom. The maximum absolute atomic E-state index is 13.0. The van der Waals surface area contributed by atoms with Crippen LogP contribution in [0.3, 0.4) is 0 Å². The van der Waals surface area contributed by atoms with Crippen molar-refractivity contribution in [3.05, 3.63) is 28.8 Å². The summed E-state index contributed by atoms with van der Waals surface area (Å²) in [7, 11) is -3.56. The lowest BCUT2D eigenvalue weighted by Gasteiger charge is -2.34. The van der Waals surface area contributed by atoms with Crippen LogP contribution in [0.15, 0.2) is 23.1 Å². The van der Waals surface area contributed by atoms with Crippen molar-refractivity contribution in [2.24, 2.45) is 11.8 Å². The van der Waals surface area contributed by atoms with Gasteiger partial charge in [-0.25, -0.2) is 8.42 Å². The molecular weight excluding hydrogens is 308 g/mol. The highest BCUT2D eigenvalue weighted by molar-refractivity contribution is 7.89. The molecule has 116 valence electrons. The molecule has 6 heteroatoms. The summed E-state index contributed by atoms with van der Waals surface area (Å²) in [5.41, 5.74) is 0.571. The zero-order valence-electron chi connectivity index (χ0n) is 12.6. The maximum atomic E-state index is 13.0. The van der Waals surface area contributed by atoms with Crippen LogP contribution in [-0.4, -0.2) is 37.9 Å². The first kappa shape index (κ1) is 15.3. The Morgan fingerprint density at radius 1 is 1.33 bits per heavy atom. The van der Waals surface area contributed by atoms with Crippen molar-refractivity contribution >= 4 is 21.6 Å². The monoisotopic (exact) mass is 328 g/mol. The molecule has 0 aliphatic carbocycles. The van der Waals surface area contributed by atoms with E-state index in [1.165, 1.54) is 0 Å². The minimum atomic E-state index is -3.56. The van der Waals surface area contributed by atoms with E-state index in [0.717, 1.165) is 18.7 Å². The van der Waals surface area contributed by atoms with Crippen LogP contribution in [0.2, 0.25) is 5.02 Å². The summed E-state index contributed by atoms with van der Waals surface area (Å²) in [5.74, 6) is 0.746. The zero-order valence-corrected chi connectivity index (χ0v) is 14.1. The maximum Gasteiger partial charge on any atom is 0.245 e. The molecule has 2 saturated heterocycles. The minimum Gasteiger partial charge on any atom is -0.316 e. The van der Waals surface area contributed by atoms with E-state index >= 15 is 0 Å². The lowest BCUT2D eigenvalue weighted by atomic mass is 9.85. The van der Waals surface area contributed by atoms with Gasteiger partial charge in [-0.3, -0.25) is 0 Å². The summed E-state index contributed by atoms with van der Waals surface area (Å²) >= 11 is 6.19. The molecule has 1 aromatic rings. The highest BCUT2D eigenvalue weighted by Crippen LogP contribution is 2.44. The second-order valence-corrected chi connectivity index (χ2v) is 8.89. The van der Waals surface area contributed by atoms with E-state index in [0.29, 0.717) is 23.4 Å². The van der Waals surface area contributed by atoms with E-state index in [1.807, 2.05) is 20.8 Å². The zero-order chi connectivity index (χ0) is 15.4. The molecule has 0 aromatic heterocycles. The van der Waals surface area contributed by atoms with E-state index in [1.54, 1.807) is 22.5 Å². The molecule has 2 fully saturated rings. The first-order chi connectivity index (χ1) is 9.74. The van der Waals surface area contributed by atoms with E-state index in [2.05, 4.69) is 5.32 Å². The van der Waals surface area contributed by atoms with Crippen LogP contribution < -0.4 is 5.32 Å². The lowest BCUT2D eigenvalue weighted by Crippen LogP contribution is -2.47. The first-order valence-electron chi connectivity index (χ1n) is 7.24. The molecule has 2 aliphatic heterocycles. The Morgan fingerprint density at radius 2 is 2.05 bits per heavy atom. The fraction of sp³-hybridized carbons (Fsp3) is 0.600. The van der Waals surface area contributed by atoms with Crippen LogP contribution in [0.1, 0.15) is 19.4 Å². The van der Waals surface area contributed by atoms with Gasteiger partial charge in [-0.2, -0.15) is 4.31 Å². The Bertz CT molecular complexity index is 672. The van der Waals surface area contributed by atoms with Crippen LogP contribution in [-0.2, 0) is 10.0 Å². The number of hydrogen-bond acceptors (Lipinski definition) is 3. The molecule has 1 N–H and O–H groups in total. The van der Waals surface area contributed by atoms with Gasteiger partial charge < -0.3 is 5.32 Å². The second kappa shape index (κ2) is 4.95. The molecule has 2 heterocycles. The molecule has 21 heavy (non-hydrogen) atoms. The third kappa shape index (κ3) is 2.31. The van der Waals surface area contributed by atoms with Crippen molar-refractivity contribution < 1.29 is 8.42 Å². The standard InChI is InChI=1S/C15H21ClN2O2S/c1-10-4-5-14(13(16)6-10)21(19,20)18-9-11-7-17-8-12(11)15(18,2)3/h4-6,11-12,17H,7-9H2,1-3H3. The Kier molecular flexibility index (Phi) is 3.60. The normalized spacial score (nSPS) is 28.8. The molecule has 3 rings (SSSR count). The number of halogens is 1. The summed E-state index contributed by atoms with van der Waals surface area (Å²) in [6, 6.07) is 5.12. The van der Waals surface area contributed by atoms with Gasteiger partial charge in [0.2, 0.25) is 10.0 Å². The summed E-state index contributed by atoms with van der Waals surface area (Å²) in [5, 5.41) is 3.67. The van der Waals surface area contributed by atoms with Gasteiger partial charge >= 0.3 is 0 Å². The molecule has 0 spiro atoms. The van der Waals surface area contributed by atoms with Crippen LogP contribution in [0.4, 0.5) is 0 Å². The summed E-state index contributed by atoms with van der Waals surface area (Å²) < 4.78 is 27.7. The number of sulfonamides is 1. The molecule has 2 unspecified atom stereocenters. The first-order valence-corrected chi connectivity index (χ1v) is 9.06. The van der Waals surface area contributed by atoms with Crippen LogP contribution in [0, 0.1) is 18.8 Å². The van der Waals surface area contributed by atoms with Crippen molar-refractivity contribution in [1.82, 2.24) is 9.62 Å². The highest BCUT2D eigenvalue weighted by atomic mass is 35.5. The minimum absolute atomic E-state index is 0.218. The van der Waals surface area contributed by atoms with E-state index in [9.17, 15) is 8.42 Å². The predicted molar refractivity (Wildman–Crippen MR) is 84.0 cm³/mol. The van der Waals surface area contributed by atoms with Crippen molar-refractivity contribution in [3.63, 3.8) is 0 Å². The largest absolute Gasteiger partial charge is 0.316 e. The summed E-state index contributed by atoms with van der Waals surface area (Å²) in [6.45, 7) is 8.27. The van der Waals surface area contributed by atoms with E-state index in [4.69, 9.17) is 11.6 Å². The Labute approximate surface area is 131 Å². The van der Waals surface area contributed by atoms with E-state index in [-0.39, 0.29) is 10.4 Å². The smallest absolute Gasteiger partial charge is 0.245 e. The Balaban J connectivity index is 2.03. The SMILES string of the molecule is Cc1ccc(S(=O)(=O)N2CC3CNCC3C2(C)C)c(Cl)c1. The molecule has 0 amide bonds. The molecule has 0 bridgehead atoms. The number of nitrogens with one attached hydrogen (secondary N) is 1. The number of benzene rings is 1. The fourth-order valence-electron chi connectivity index (χ4n) is 3.73. The molecule has 0 saturated carbocycles. The number of aryl methyl sites for hydroxylation is 1. The third-order valence-corrected chi connectivity index (χ3v) is 7.48. The van der Waals surface area contributed by atoms with Crippen LogP contribution in [0.25, 0.3) is 0 Å². The molecular formula is C15H21ClN2O2S. The van der Waals surface area contributed by atoms with Crippen molar-refractivity contribution in [1.29, 1.82) is 0 Å². The topological polar surface area (TPSA) is 49.4 Å². The average Bonchev–Trinajstić information content (AvgIpc) is 2.91. The molecule has 2 atom stereocenters. The average molecular weight is 329 g/mol. The van der Waals surface area contributed by atoms with Gasteiger partial charge in [0, 0.05) is 18.6 Å². The molecule has 2 aliphatic rings. The van der Waals surface area contributed by atoms with Gasteiger partial charge in [-0.05, 0) is 56.8 Å². The summed E-state index contributed by atoms with van der Waals surface area (Å²) in [6.07, 6.45) is 0. The third-order valence-electron chi connectivity index (χ3n) is 4.95. The highest BCUT2D eigenvalue weighted by Gasteiger charge is 2.54. The van der Waals surface area contributed by atoms with Crippen molar-refractivity contribution in [2.75, 3.05) is 19.6 Å². The van der Waals surface area contributed by atoms with Gasteiger partial charge in [0.05, 0.1) is 5.02 Å². The van der Waals surface area contributed by atoms with Gasteiger partial charge in [0.15, 0.2) is 0 Å². The second-order valence-electron chi connectivity index (χ2n) is 6.65. The molecule has 4 nitrogen and oxygen atoms in total. The van der Waals surface area contributed by atoms with Gasteiger partial charge in [0.25, 0.3) is 0 Å². The van der Waals surface area contributed by atoms with Gasteiger partial charge in [-0.1, -0.05) is 17.7 Å². The lowest BCUT2D eigenvalue weighted by molar-refractivity contribution is 0.233. The number of hydrogen-bond donors (Lipinski definition) is 1. The molecule has 1 aromatic carbocycles. The number of nitrogens with zero attached hydrogens (tertiary/aromatic N) is 1. The molecule has 0 radical (unpaired) electrons. The van der Waals surface area contributed by atoms with Crippen LogP contribution in [0.5, 0.6) is 0 Å². The number of rotatable bonds is 2. The van der Waals surface area contributed by atoms with Gasteiger partial charge in [0.1, 0.15) is 4.90 Å².